The number of thioether (sulfide) groups is 1. The van der Waals surface area contributed by atoms with Gasteiger partial charge in [-0.15, -0.1) is 0 Å². The number of rotatable bonds is 8. The van der Waals surface area contributed by atoms with Crippen molar-refractivity contribution in [3.8, 4) is 17.6 Å². The van der Waals surface area contributed by atoms with Gasteiger partial charge in [0.2, 0.25) is 5.91 Å². The van der Waals surface area contributed by atoms with Crippen molar-refractivity contribution in [2.75, 3.05) is 25.1 Å². The molecule has 3 amide bonds. The number of imide groups is 1. The fourth-order valence-corrected chi connectivity index (χ4v) is 3.90. The molecular weight excluding hydrogens is 442 g/mol. The van der Waals surface area contributed by atoms with Gasteiger partial charge in [0.25, 0.3) is 11.1 Å². The van der Waals surface area contributed by atoms with Crippen LogP contribution in [0.3, 0.4) is 0 Å². The Kier molecular flexibility index (Phi) is 7.74. The van der Waals surface area contributed by atoms with E-state index >= 15 is 0 Å². The van der Waals surface area contributed by atoms with Crippen LogP contribution >= 0.6 is 11.8 Å². The number of benzene rings is 2. The van der Waals surface area contributed by atoms with Crippen molar-refractivity contribution in [2.24, 2.45) is 0 Å². The Morgan fingerprint density at radius 1 is 1.12 bits per heavy atom. The van der Waals surface area contributed by atoms with E-state index in [-0.39, 0.29) is 18.1 Å². The summed E-state index contributed by atoms with van der Waals surface area (Å²) in [5.74, 6) is -0.164. The number of nitriles is 1. The Labute approximate surface area is 196 Å². The molecule has 1 saturated heterocycles. The standard InChI is InChI=1S/C24H23N3O5S/c1-4-31-20-12-17(6-8-19(20)32-10-9-25)13-21-23(29)27(24(30)33-21)14-22(28)26-18-7-5-15(2)16(3)11-18/h5-8,11-13H,4,10,14H2,1-3H3,(H,26,28)/b21-13-. The number of carbonyl (C=O) groups excluding carboxylic acids is 3. The van der Waals surface area contributed by atoms with Crippen LogP contribution in [0.5, 0.6) is 11.5 Å². The van der Waals surface area contributed by atoms with E-state index < -0.39 is 17.1 Å². The van der Waals surface area contributed by atoms with E-state index in [4.69, 9.17) is 14.7 Å². The summed E-state index contributed by atoms with van der Waals surface area (Å²) in [7, 11) is 0. The molecule has 1 fully saturated rings. The minimum atomic E-state index is -0.539. The van der Waals surface area contributed by atoms with Crippen molar-refractivity contribution >= 4 is 40.6 Å². The molecule has 0 unspecified atom stereocenters. The summed E-state index contributed by atoms with van der Waals surface area (Å²) in [5, 5.41) is 10.9. The highest BCUT2D eigenvalue weighted by Gasteiger charge is 2.36. The molecule has 1 aliphatic heterocycles. The van der Waals surface area contributed by atoms with Gasteiger partial charge < -0.3 is 14.8 Å². The molecule has 2 aromatic carbocycles. The van der Waals surface area contributed by atoms with Gasteiger partial charge in [-0.3, -0.25) is 19.3 Å². The summed E-state index contributed by atoms with van der Waals surface area (Å²) in [5.41, 5.74) is 3.35. The highest BCUT2D eigenvalue weighted by molar-refractivity contribution is 8.18. The molecule has 0 radical (unpaired) electrons. The van der Waals surface area contributed by atoms with Gasteiger partial charge in [0.15, 0.2) is 18.1 Å². The van der Waals surface area contributed by atoms with Crippen molar-refractivity contribution in [1.29, 1.82) is 5.26 Å². The van der Waals surface area contributed by atoms with Crippen LogP contribution in [-0.4, -0.2) is 41.7 Å². The van der Waals surface area contributed by atoms with Gasteiger partial charge in [-0.25, -0.2) is 0 Å². The first kappa shape index (κ1) is 23.9. The summed E-state index contributed by atoms with van der Waals surface area (Å²) < 4.78 is 10.9. The first-order valence-electron chi connectivity index (χ1n) is 10.2. The lowest BCUT2D eigenvalue weighted by Crippen LogP contribution is -2.36. The zero-order valence-electron chi connectivity index (χ0n) is 18.5. The van der Waals surface area contributed by atoms with Crippen molar-refractivity contribution in [3.63, 3.8) is 0 Å². The van der Waals surface area contributed by atoms with Crippen LogP contribution in [0, 0.1) is 25.2 Å². The molecule has 0 saturated carbocycles. The molecule has 0 bridgehead atoms. The average Bonchev–Trinajstić information content (AvgIpc) is 3.03. The number of hydrogen-bond donors (Lipinski definition) is 1. The summed E-state index contributed by atoms with van der Waals surface area (Å²) in [4.78, 5) is 38.7. The number of amides is 3. The number of aryl methyl sites for hydroxylation is 2. The highest BCUT2D eigenvalue weighted by Crippen LogP contribution is 2.34. The van der Waals surface area contributed by atoms with E-state index in [1.807, 2.05) is 39.0 Å². The Morgan fingerprint density at radius 3 is 2.61 bits per heavy atom. The first-order valence-corrected chi connectivity index (χ1v) is 11.0. The van der Waals surface area contributed by atoms with Crippen LogP contribution in [0.25, 0.3) is 6.08 Å². The Hall–Kier alpha value is -3.77. The third-order valence-corrected chi connectivity index (χ3v) is 5.73. The molecule has 1 aliphatic rings. The Morgan fingerprint density at radius 2 is 1.91 bits per heavy atom. The smallest absolute Gasteiger partial charge is 0.294 e. The molecule has 0 spiro atoms. The second kappa shape index (κ2) is 10.7. The quantitative estimate of drug-likeness (QED) is 0.580. The van der Waals surface area contributed by atoms with E-state index in [1.54, 1.807) is 30.3 Å². The van der Waals surface area contributed by atoms with E-state index in [0.29, 0.717) is 29.4 Å². The largest absolute Gasteiger partial charge is 0.490 e. The molecule has 2 aromatic rings. The lowest BCUT2D eigenvalue weighted by Gasteiger charge is -2.13. The summed E-state index contributed by atoms with van der Waals surface area (Å²) in [6.07, 6.45) is 1.56. The minimum Gasteiger partial charge on any atom is -0.490 e. The van der Waals surface area contributed by atoms with Crippen molar-refractivity contribution in [3.05, 3.63) is 58.0 Å². The maximum absolute atomic E-state index is 12.8. The third kappa shape index (κ3) is 5.93. The van der Waals surface area contributed by atoms with Gasteiger partial charge in [-0.2, -0.15) is 5.26 Å². The number of nitrogens with zero attached hydrogens (tertiary/aromatic N) is 2. The van der Waals surface area contributed by atoms with Crippen LogP contribution in [0.15, 0.2) is 41.3 Å². The number of anilines is 1. The second-order valence-electron chi connectivity index (χ2n) is 7.20. The summed E-state index contributed by atoms with van der Waals surface area (Å²) in [6.45, 7) is 5.61. The zero-order chi connectivity index (χ0) is 24.0. The van der Waals surface area contributed by atoms with Gasteiger partial charge in [0.05, 0.1) is 11.5 Å². The van der Waals surface area contributed by atoms with Gasteiger partial charge >= 0.3 is 0 Å². The summed E-state index contributed by atoms with van der Waals surface area (Å²) in [6, 6.07) is 12.4. The molecule has 33 heavy (non-hydrogen) atoms. The molecule has 1 heterocycles. The fraction of sp³-hybridized carbons (Fsp3) is 0.250. The minimum absolute atomic E-state index is 0.122. The van der Waals surface area contributed by atoms with Crippen LogP contribution < -0.4 is 14.8 Å². The van der Waals surface area contributed by atoms with Crippen LogP contribution in [0.2, 0.25) is 0 Å². The Balaban J connectivity index is 1.72. The molecule has 9 heteroatoms. The molecule has 8 nitrogen and oxygen atoms in total. The van der Waals surface area contributed by atoms with Crippen LogP contribution in [-0.2, 0) is 9.59 Å². The molecule has 0 aromatic heterocycles. The molecule has 0 atom stereocenters. The van der Waals surface area contributed by atoms with Crippen LogP contribution in [0.1, 0.15) is 23.6 Å². The molecular formula is C24H23N3O5S. The van der Waals surface area contributed by atoms with Gasteiger partial charge in [-0.1, -0.05) is 12.1 Å². The molecule has 1 N–H and O–H groups in total. The maximum Gasteiger partial charge on any atom is 0.294 e. The van der Waals surface area contributed by atoms with Gasteiger partial charge in [-0.05, 0) is 79.6 Å². The van der Waals surface area contributed by atoms with E-state index in [0.717, 1.165) is 27.8 Å². The van der Waals surface area contributed by atoms with Crippen LogP contribution in [0.4, 0.5) is 10.5 Å². The zero-order valence-corrected chi connectivity index (χ0v) is 19.3. The fourth-order valence-electron chi connectivity index (χ4n) is 3.06. The number of hydrogen-bond acceptors (Lipinski definition) is 7. The van der Waals surface area contributed by atoms with Crippen molar-refractivity contribution in [2.45, 2.75) is 20.8 Å². The van der Waals surface area contributed by atoms with Gasteiger partial charge in [0.1, 0.15) is 12.6 Å². The molecule has 3 rings (SSSR count). The van der Waals surface area contributed by atoms with E-state index in [1.165, 1.54) is 0 Å². The molecule has 170 valence electrons. The summed E-state index contributed by atoms with van der Waals surface area (Å²) >= 11 is 0.770. The van der Waals surface area contributed by atoms with E-state index in [9.17, 15) is 14.4 Å². The van der Waals surface area contributed by atoms with Gasteiger partial charge in [0, 0.05) is 5.69 Å². The predicted molar refractivity (Wildman–Crippen MR) is 126 cm³/mol. The highest BCUT2D eigenvalue weighted by atomic mass is 32.2. The molecule has 0 aliphatic carbocycles. The third-order valence-electron chi connectivity index (χ3n) is 4.82. The van der Waals surface area contributed by atoms with Crippen molar-refractivity contribution in [1.82, 2.24) is 4.90 Å². The number of nitrogens with one attached hydrogen (secondary N) is 1. The average molecular weight is 466 g/mol. The Bertz CT molecular complexity index is 1170. The normalized spacial score (nSPS) is 14.4. The first-order chi connectivity index (χ1) is 15.8. The second-order valence-corrected chi connectivity index (χ2v) is 8.19. The number of ether oxygens (including phenoxy) is 2. The lowest BCUT2D eigenvalue weighted by atomic mass is 10.1. The maximum atomic E-state index is 12.8. The lowest BCUT2D eigenvalue weighted by molar-refractivity contribution is -0.127. The monoisotopic (exact) mass is 465 g/mol. The topological polar surface area (TPSA) is 109 Å². The predicted octanol–water partition coefficient (Wildman–Crippen LogP) is 4.28. The number of carbonyl (C=O) groups is 3. The SMILES string of the molecule is CCOc1cc(/C=C2\SC(=O)N(CC(=O)Nc3ccc(C)c(C)c3)C2=O)ccc1OCC#N. The van der Waals surface area contributed by atoms with E-state index in [2.05, 4.69) is 5.32 Å². The van der Waals surface area contributed by atoms with Crippen molar-refractivity contribution < 1.29 is 23.9 Å².